The third kappa shape index (κ3) is 7.90. The highest BCUT2D eigenvalue weighted by molar-refractivity contribution is 5.80. The van der Waals surface area contributed by atoms with Gasteiger partial charge in [-0.1, -0.05) is 0 Å². The molecule has 1 amide bonds. The summed E-state index contributed by atoms with van der Waals surface area (Å²) in [4.78, 5) is 18.1. The number of amides is 1. The zero-order valence-electron chi connectivity index (χ0n) is 16.4. The van der Waals surface area contributed by atoms with E-state index < -0.39 is 0 Å². The van der Waals surface area contributed by atoms with Crippen LogP contribution >= 0.6 is 0 Å². The second-order valence-corrected chi connectivity index (χ2v) is 6.35. The molecule has 0 atom stereocenters. The summed E-state index contributed by atoms with van der Waals surface area (Å²) in [6, 6.07) is 4.07. The number of carbonyl (C=O) groups excluding carboxylic acids is 1. The molecule has 8 heteroatoms. The molecule has 0 spiro atoms. The number of ether oxygens (including phenoxy) is 2. The van der Waals surface area contributed by atoms with Gasteiger partial charge in [-0.25, -0.2) is 4.79 Å². The van der Waals surface area contributed by atoms with Gasteiger partial charge in [0.2, 0.25) is 0 Å². The quantitative estimate of drug-likeness (QED) is 0.388. The van der Waals surface area contributed by atoms with Crippen LogP contribution in [0, 0.1) is 0 Å². The Kier molecular flexibility index (Phi) is 9.54. The lowest BCUT2D eigenvalue weighted by molar-refractivity contribution is 0.0963. The highest BCUT2D eigenvalue weighted by Gasteiger charge is 2.23. The van der Waals surface area contributed by atoms with Crippen LogP contribution in [0.15, 0.2) is 27.8 Å². The van der Waals surface area contributed by atoms with E-state index >= 15 is 0 Å². The Balaban J connectivity index is 1.65. The molecule has 0 aliphatic carbocycles. The van der Waals surface area contributed by atoms with Crippen LogP contribution in [-0.4, -0.2) is 62.4 Å². The lowest BCUT2D eigenvalue weighted by atomic mass is 10.1. The van der Waals surface area contributed by atoms with Crippen molar-refractivity contribution < 1.29 is 18.7 Å². The summed E-state index contributed by atoms with van der Waals surface area (Å²) in [6.45, 7) is 8.33. The molecule has 1 aromatic rings. The van der Waals surface area contributed by atoms with Crippen LogP contribution in [0.2, 0.25) is 0 Å². The molecule has 2 rings (SSSR count). The number of hydrogen-bond donors (Lipinski definition) is 2. The first-order chi connectivity index (χ1) is 13.2. The van der Waals surface area contributed by atoms with Crippen LogP contribution in [0.25, 0.3) is 0 Å². The third-order valence-electron chi connectivity index (χ3n) is 4.25. The van der Waals surface area contributed by atoms with Gasteiger partial charge in [0.25, 0.3) is 0 Å². The molecule has 8 nitrogen and oxygen atoms in total. The van der Waals surface area contributed by atoms with Crippen LogP contribution < -0.4 is 10.6 Å². The van der Waals surface area contributed by atoms with Crippen molar-refractivity contribution in [2.45, 2.75) is 45.8 Å². The largest absolute Gasteiger partial charge is 0.467 e. The Morgan fingerprint density at radius 3 is 2.85 bits per heavy atom. The Morgan fingerprint density at radius 1 is 1.37 bits per heavy atom. The van der Waals surface area contributed by atoms with E-state index in [1.54, 1.807) is 11.2 Å². The molecule has 2 heterocycles. The first-order valence-corrected chi connectivity index (χ1v) is 9.79. The number of likely N-dealkylation sites (tertiary alicyclic amines) is 1. The normalized spacial score (nSPS) is 15.6. The second-order valence-electron chi connectivity index (χ2n) is 6.35. The van der Waals surface area contributed by atoms with Gasteiger partial charge in [0.1, 0.15) is 12.4 Å². The van der Waals surface area contributed by atoms with E-state index in [4.69, 9.17) is 13.9 Å². The van der Waals surface area contributed by atoms with Crippen molar-refractivity contribution in [3.63, 3.8) is 0 Å². The van der Waals surface area contributed by atoms with E-state index in [-0.39, 0.29) is 6.09 Å². The van der Waals surface area contributed by atoms with Crippen LogP contribution in [0.1, 0.15) is 38.9 Å². The van der Waals surface area contributed by atoms with Gasteiger partial charge in [-0.2, -0.15) is 0 Å². The first kappa shape index (κ1) is 21.1. The number of hydrogen-bond acceptors (Lipinski definition) is 5. The fourth-order valence-electron chi connectivity index (χ4n) is 2.86. The van der Waals surface area contributed by atoms with Gasteiger partial charge in [-0.15, -0.1) is 0 Å². The molecule has 0 saturated carbocycles. The summed E-state index contributed by atoms with van der Waals surface area (Å²) < 4.78 is 15.9. The lowest BCUT2D eigenvalue weighted by Crippen LogP contribution is -2.49. The molecule has 2 N–H and O–H groups in total. The molecule has 0 unspecified atom stereocenters. The SMILES string of the molecule is CCNC(=NCCCOCc1ccco1)NC1CCN(C(=O)OCC)CC1. The molecule has 1 fully saturated rings. The van der Waals surface area contributed by atoms with Gasteiger partial charge in [0.05, 0.1) is 12.9 Å². The third-order valence-corrected chi connectivity index (χ3v) is 4.25. The number of guanidine groups is 1. The molecule has 0 aromatic carbocycles. The van der Waals surface area contributed by atoms with Gasteiger partial charge < -0.3 is 29.4 Å². The van der Waals surface area contributed by atoms with E-state index in [1.807, 2.05) is 26.0 Å². The minimum Gasteiger partial charge on any atom is -0.467 e. The molecular formula is C19H32N4O4. The highest BCUT2D eigenvalue weighted by Crippen LogP contribution is 2.11. The maximum Gasteiger partial charge on any atom is 0.409 e. The Hall–Kier alpha value is -2.22. The molecular weight excluding hydrogens is 348 g/mol. The molecule has 1 saturated heterocycles. The summed E-state index contributed by atoms with van der Waals surface area (Å²) in [5.74, 6) is 1.65. The highest BCUT2D eigenvalue weighted by atomic mass is 16.6. The Morgan fingerprint density at radius 2 is 2.19 bits per heavy atom. The van der Waals surface area contributed by atoms with Crippen molar-refractivity contribution in [2.75, 3.05) is 39.4 Å². The van der Waals surface area contributed by atoms with E-state index in [9.17, 15) is 4.79 Å². The van der Waals surface area contributed by atoms with Crippen molar-refractivity contribution in [1.29, 1.82) is 0 Å². The number of rotatable bonds is 9. The summed E-state index contributed by atoms with van der Waals surface area (Å²) in [5.41, 5.74) is 0. The summed E-state index contributed by atoms with van der Waals surface area (Å²) >= 11 is 0. The van der Waals surface area contributed by atoms with Crippen molar-refractivity contribution in [3.8, 4) is 0 Å². The van der Waals surface area contributed by atoms with Gasteiger partial charge in [0.15, 0.2) is 5.96 Å². The van der Waals surface area contributed by atoms with E-state index in [0.717, 1.165) is 37.5 Å². The van der Waals surface area contributed by atoms with E-state index in [0.29, 0.717) is 45.5 Å². The average molecular weight is 380 g/mol. The number of nitrogens with one attached hydrogen (secondary N) is 2. The lowest BCUT2D eigenvalue weighted by Gasteiger charge is -2.32. The Labute approximate surface area is 161 Å². The minimum absolute atomic E-state index is 0.217. The van der Waals surface area contributed by atoms with Crippen molar-refractivity contribution >= 4 is 12.1 Å². The van der Waals surface area contributed by atoms with Crippen molar-refractivity contribution in [1.82, 2.24) is 15.5 Å². The molecule has 152 valence electrons. The zero-order valence-corrected chi connectivity index (χ0v) is 16.4. The number of piperidine rings is 1. The van der Waals surface area contributed by atoms with Crippen LogP contribution in [0.4, 0.5) is 4.79 Å². The molecule has 1 aliphatic heterocycles. The number of furan rings is 1. The van der Waals surface area contributed by atoms with Crippen LogP contribution in [0.5, 0.6) is 0 Å². The average Bonchev–Trinajstić information content (AvgIpc) is 3.19. The van der Waals surface area contributed by atoms with Gasteiger partial charge >= 0.3 is 6.09 Å². The maximum atomic E-state index is 11.8. The summed E-state index contributed by atoms with van der Waals surface area (Å²) in [5, 5.41) is 6.74. The topological polar surface area (TPSA) is 88.3 Å². The number of nitrogens with zero attached hydrogens (tertiary/aromatic N) is 2. The van der Waals surface area contributed by atoms with Crippen molar-refractivity contribution in [2.24, 2.45) is 4.99 Å². The predicted octanol–water partition coefficient (Wildman–Crippen LogP) is 2.36. The van der Waals surface area contributed by atoms with E-state index in [2.05, 4.69) is 15.6 Å². The standard InChI is InChI=1S/C19H32N4O4/c1-3-20-18(21-10-6-13-25-15-17-7-5-14-27-17)22-16-8-11-23(12-9-16)19(24)26-4-2/h5,7,14,16H,3-4,6,8-13,15H2,1-2H3,(H2,20,21,22). The Bertz CT molecular complexity index is 554. The van der Waals surface area contributed by atoms with Gasteiger partial charge in [-0.05, 0) is 45.2 Å². The monoisotopic (exact) mass is 380 g/mol. The molecule has 0 radical (unpaired) electrons. The fraction of sp³-hybridized carbons (Fsp3) is 0.684. The van der Waals surface area contributed by atoms with Crippen molar-refractivity contribution in [3.05, 3.63) is 24.2 Å². The number of aliphatic imine (C=N–C) groups is 1. The maximum absolute atomic E-state index is 11.8. The summed E-state index contributed by atoms with van der Waals surface area (Å²) in [7, 11) is 0. The number of carbonyl (C=O) groups is 1. The minimum atomic E-state index is -0.217. The summed E-state index contributed by atoms with van der Waals surface area (Å²) in [6.07, 6.45) is 4.05. The van der Waals surface area contributed by atoms with Gasteiger partial charge in [0, 0.05) is 38.8 Å². The molecule has 27 heavy (non-hydrogen) atoms. The fourth-order valence-corrected chi connectivity index (χ4v) is 2.86. The molecule has 1 aromatic heterocycles. The van der Waals surface area contributed by atoms with Gasteiger partial charge in [-0.3, -0.25) is 4.99 Å². The van der Waals surface area contributed by atoms with E-state index in [1.165, 1.54) is 0 Å². The second kappa shape index (κ2) is 12.2. The first-order valence-electron chi connectivity index (χ1n) is 9.79. The zero-order chi connectivity index (χ0) is 19.3. The molecule has 0 bridgehead atoms. The smallest absolute Gasteiger partial charge is 0.409 e. The van der Waals surface area contributed by atoms with Crippen LogP contribution in [0.3, 0.4) is 0 Å². The van der Waals surface area contributed by atoms with Crippen LogP contribution in [-0.2, 0) is 16.1 Å². The predicted molar refractivity (Wildman–Crippen MR) is 104 cm³/mol. The molecule has 1 aliphatic rings.